The van der Waals surface area contributed by atoms with Gasteiger partial charge in [0.25, 0.3) is 0 Å². The van der Waals surface area contributed by atoms with Gasteiger partial charge < -0.3 is 15.2 Å². The van der Waals surface area contributed by atoms with Crippen LogP contribution in [0.25, 0.3) is 0 Å². The molecule has 1 fully saturated rings. The van der Waals surface area contributed by atoms with E-state index in [1.807, 2.05) is 18.2 Å². The molecular formula is C16H23N3O3. The van der Waals surface area contributed by atoms with Crippen LogP contribution in [0.4, 0.5) is 4.79 Å². The highest BCUT2D eigenvalue weighted by atomic mass is 16.5. The van der Waals surface area contributed by atoms with Crippen LogP contribution in [0.5, 0.6) is 11.5 Å². The van der Waals surface area contributed by atoms with Crippen LogP contribution in [-0.4, -0.2) is 26.0 Å². The molecular weight excluding hydrogens is 282 g/mol. The van der Waals surface area contributed by atoms with Crippen LogP contribution >= 0.6 is 0 Å². The van der Waals surface area contributed by atoms with Crippen molar-refractivity contribution in [3.8, 4) is 11.5 Å². The van der Waals surface area contributed by atoms with E-state index in [2.05, 4.69) is 10.5 Å². The number of benzene rings is 1. The highest BCUT2D eigenvalue weighted by Gasteiger charge is 2.24. The Balaban J connectivity index is 2.39. The SMILES string of the molecule is COc1ccc(C(=NNC(N)=O)C2CCCCC2)c(OC)c1. The first kappa shape index (κ1) is 16.1. The van der Waals surface area contributed by atoms with Gasteiger partial charge in [-0.25, -0.2) is 10.2 Å². The second kappa shape index (κ2) is 7.68. The third kappa shape index (κ3) is 3.90. The van der Waals surface area contributed by atoms with Gasteiger partial charge in [0, 0.05) is 17.5 Å². The molecule has 1 aliphatic carbocycles. The van der Waals surface area contributed by atoms with Crippen molar-refractivity contribution in [1.29, 1.82) is 0 Å². The lowest BCUT2D eigenvalue weighted by atomic mass is 9.83. The van der Waals surface area contributed by atoms with E-state index in [-0.39, 0.29) is 0 Å². The van der Waals surface area contributed by atoms with Crippen molar-refractivity contribution in [2.24, 2.45) is 16.8 Å². The number of amides is 2. The summed E-state index contributed by atoms with van der Waals surface area (Å²) >= 11 is 0. The topological polar surface area (TPSA) is 85.9 Å². The van der Waals surface area contributed by atoms with E-state index in [9.17, 15) is 4.79 Å². The van der Waals surface area contributed by atoms with Crippen molar-refractivity contribution in [2.75, 3.05) is 14.2 Å². The fourth-order valence-electron chi connectivity index (χ4n) is 2.87. The van der Waals surface area contributed by atoms with Gasteiger partial charge in [-0.2, -0.15) is 5.10 Å². The number of hydrogen-bond acceptors (Lipinski definition) is 4. The summed E-state index contributed by atoms with van der Waals surface area (Å²) in [7, 11) is 3.22. The predicted octanol–water partition coefficient (Wildman–Crippen LogP) is 2.66. The molecule has 0 bridgehead atoms. The maximum Gasteiger partial charge on any atom is 0.332 e. The van der Waals surface area contributed by atoms with Gasteiger partial charge in [0.1, 0.15) is 11.5 Å². The summed E-state index contributed by atoms with van der Waals surface area (Å²) < 4.78 is 10.7. The van der Waals surface area contributed by atoms with E-state index < -0.39 is 6.03 Å². The number of carbonyl (C=O) groups is 1. The number of hydrogen-bond donors (Lipinski definition) is 2. The molecule has 0 aromatic heterocycles. The summed E-state index contributed by atoms with van der Waals surface area (Å²) in [5, 5.41) is 4.25. The standard InChI is InChI=1S/C16H23N3O3/c1-21-12-8-9-13(14(10-12)22-2)15(18-19-16(17)20)11-6-4-3-5-7-11/h8-11H,3-7H2,1-2H3,(H3,17,19,20). The van der Waals surface area contributed by atoms with Crippen molar-refractivity contribution >= 4 is 11.7 Å². The number of rotatable bonds is 5. The lowest BCUT2D eigenvalue weighted by Crippen LogP contribution is -2.29. The van der Waals surface area contributed by atoms with E-state index in [1.54, 1.807) is 14.2 Å². The zero-order chi connectivity index (χ0) is 15.9. The number of ether oxygens (including phenoxy) is 2. The first-order chi connectivity index (χ1) is 10.7. The van der Waals surface area contributed by atoms with E-state index in [1.165, 1.54) is 19.3 Å². The number of urea groups is 1. The first-order valence-electron chi connectivity index (χ1n) is 7.51. The van der Waals surface area contributed by atoms with Crippen LogP contribution in [0.2, 0.25) is 0 Å². The number of hydrazone groups is 1. The van der Waals surface area contributed by atoms with Crippen molar-refractivity contribution in [1.82, 2.24) is 5.43 Å². The highest BCUT2D eigenvalue weighted by Crippen LogP contribution is 2.32. The fraction of sp³-hybridized carbons (Fsp3) is 0.500. The number of nitrogens with zero attached hydrogens (tertiary/aromatic N) is 1. The predicted molar refractivity (Wildman–Crippen MR) is 85.4 cm³/mol. The summed E-state index contributed by atoms with van der Waals surface area (Å²) in [4.78, 5) is 11.0. The quantitative estimate of drug-likeness (QED) is 0.647. The lowest BCUT2D eigenvalue weighted by molar-refractivity contribution is 0.249. The summed E-state index contributed by atoms with van der Waals surface area (Å²) in [6.45, 7) is 0. The summed E-state index contributed by atoms with van der Waals surface area (Å²) in [6.07, 6.45) is 5.67. The first-order valence-corrected chi connectivity index (χ1v) is 7.51. The third-order valence-corrected chi connectivity index (χ3v) is 3.96. The Morgan fingerprint density at radius 1 is 1.23 bits per heavy atom. The molecule has 0 atom stereocenters. The molecule has 0 heterocycles. The Kier molecular flexibility index (Phi) is 5.63. The maximum atomic E-state index is 11.0. The lowest BCUT2D eigenvalue weighted by Gasteiger charge is -2.24. The fourth-order valence-corrected chi connectivity index (χ4v) is 2.87. The number of primary amides is 1. The van der Waals surface area contributed by atoms with Gasteiger partial charge in [0.15, 0.2) is 0 Å². The molecule has 3 N–H and O–H groups in total. The Morgan fingerprint density at radius 2 is 1.95 bits per heavy atom. The Morgan fingerprint density at radius 3 is 2.55 bits per heavy atom. The molecule has 1 saturated carbocycles. The normalized spacial score (nSPS) is 16.2. The van der Waals surface area contributed by atoms with Gasteiger partial charge >= 0.3 is 6.03 Å². The van der Waals surface area contributed by atoms with Crippen LogP contribution in [0.15, 0.2) is 23.3 Å². The molecule has 2 rings (SSSR count). The molecule has 0 saturated heterocycles. The minimum absolute atomic E-state index is 0.294. The van der Waals surface area contributed by atoms with Crippen LogP contribution in [-0.2, 0) is 0 Å². The average molecular weight is 305 g/mol. The minimum Gasteiger partial charge on any atom is -0.497 e. The molecule has 1 aromatic carbocycles. The monoisotopic (exact) mass is 305 g/mol. The van der Waals surface area contributed by atoms with Gasteiger partial charge in [0.05, 0.1) is 19.9 Å². The molecule has 22 heavy (non-hydrogen) atoms. The van der Waals surface area contributed by atoms with Crippen molar-refractivity contribution in [3.63, 3.8) is 0 Å². The van der Waals surface area contributed by atoms with Gasteiger partial charge in [-0.05, 0) is 25.0 Å². The zero-order valence-electron chi connectivity index (χ0n) is 13.1. The Bertz CT molecular complexity index is 552. The van der Waals surface area contributed by atoms with E-state index >= 15 is 0 Å². The number of methoxy groups -OCH3 is 2. The second-order valence-electron chi connectivity index (χ2n) is 5.37. The number of nitrogens with two attached hydrogens (primary N) is 1. The largest absolute Gasteiger partial charge is 0.497 e. The van der Waals surface area contributed by atoms with Crippen molar-refractivity contribution in [3.05, 3.63) is 23.8 Å². The van der Waals surface area contributed by atoms with Crippen LogP contribution < -0.4 is 20.6 Å². The second-order valence-corrected chi connectivity index (χ2v) is 5.37. The summed E-state index contributed by atoms with van der Waals surface area (Å²) in [6, 6.07) is 4.92. The molecule has 1 aromatic rings. The third-order valence-electron chi connectivity index (χ3n) is 3.96. The molecule has 6 nitrogen and oxygen atoms in total. The number of nitrogens with one attached hydrogen (secondary N) is 1. The smallest absolute Gasteiger partial charge is 0.332 e. The molecule has 6 heteroatoms. The van der Waals surface area contributed by atoms with E-state index in [0.717, 1.165) is 24.1 Å². The number of carbonyl (C=O) groups excluding carboxylic acids is 1. The molecule has 0 radical (unpaired) electrons. The molecule has 0 spiro atoms. The average Bonchev–Trinajstić information content (AvgIpc) is 2.56. The summed E-state index contributed by atoms with van der Waals surface area (Å²) in [5.74, 6) is 1.68. The Hall–Kier alpha value is -2.24. The molecule has 2 amide bonds. The van der Waals surface area contributed by atoms with Crippen molar-refractivity contribution in [2.45, 2.75) is 32.1 Å². The van der Waals surface area contributed by atoms with Gasteiger partial charge in [-0.15, -0.1) is 0 Å². The van der Waals surface area contributed by atoms with Crippen LogP contribution in [0.3, 0.4) is 0 Å². The van der Waals surface area contributed by atoms with Gasteiger partial charge in [0.2, 0.25) is 0 Å². The molecule has 120 valence electrons. The van der Waals surface area contributed by atoms with Gasteiger partial charge in [-0.3, -0.25) is 0 Å². The van der Waals surface area contributed by atoms with E-state index in [0.29, 0.717) is 17.4 Å². The van der Waals surface area contributed by atoms with Gasteiger partial charge in [-0.1, -0.05) is 19.3 Å². The zero-order valence-corrected chi connectivity index (χ0v) is 13.1. The van der Waals surface area contributed by atoms with E-state index in [4.69, 9.17) is 15.2 Å². The molecule has 0 unspecified atom stereocenters. The van der Waals surface area contributed by atoms with Crippen LogP contribution in [0, 0.1) is 5.92 Å². The highest BCUT2D eigenvalue weighted by molar-refractivity contribution is 6.05. The maximum absolute atomic E-state index is 11.0. The van der Waals surface area contributed by atoms with Crippen molar-refractivity contribution < 1.29 is 14.3 Å². The minimum atomic E-state index is -0.666. The molecule has 0 aliphatic heterocycles. The van der Waals surface area contributed by atoms with Crippen LogP contribution in [0.1, 0.15) is 37.7 Å². The Labute approximate surface area is 130 Å². The summed E-state index contributed by atoms with van der Waals surface area (Å²) in [5.41, 5.74) is 9.20. The molecule has 1 aliphatic rings.